The van der Waals surface area contributed by atoms with Gasteiger partial charge in [-0.25, -0.2) is 9.97 Å². The maximum atomic E-state index is 11.5. The summed E-state index contributed by atoms with van der Waals surface area (Å²) in [5.74, 6) is 2.00. The van der Waals surface area contributed by atoms with Gasteiger partial charge in [0.1, 0.15) is 11.5 Å². The second kappa shape index (κ2) is 8.98. The van der Waals surface area contributed by atoms with Crippen molar-refractivity contribution in [1.29, 1.82) is 0 Å². The van der Waals surface area contributed by atoms with Gasteiger partial charge in [0, 0.05) is 23.1 Å². The molecule has 140 valence electrons. The summed E-state index contributed by atoms with van der Waals surface area (Å²) in [5, 5.41) is 3.26. The number of nitrogens with two attached hydrogens (primary N) is 1. The highest BCUT2D eigenvalue weighted by Gasteiger charge is 2.16. The molecule has 0 aliphatic carbocycles. The van der Waals surface area contributed by atoms with Crippen LogP contribution in [0.5, 0.6) is 0 Å². The number of benzene rings is 1. The number of aromatic nitrogens is 2. The molecule has 6 nitrogen and oxygen atoms in total. The third kappa shape index (κ3) is 4.72. The molecule has 0 saturated heterocycles. The van der Waals surface area contributed by atoms with Crippen LogP contribution in [0.25, 0.3) is 0 Å². The maximum absolute atomic E-state index is 11.5. The smallest absolute Gasteiger partial charge is 0.159 e. The van der Waals surface area contributed by atoms with E-state index in [1.165, 1.54) is 0 Å². The van der Waals surface area contributed by atoms with Crippen LogP contribution in [0, 0.1) is 6.92 Å². The van der Waals surface area contributed by atoms with Crippen LogP contribution in [0.4, 0.5) is 23.0 Å². The summed E-state index contributed by atoms with van der Waals surface area (Å²) in [4.78, 5) is 22.7. The van der Waals surface area contributed by atoms with Crippen LogP contribution < -0.4 is 16.0 Å². The Morgan fingerprint density at radius 3 is 2.62 bits per heavy atom. The molecular formula is C19H26BrN5O. The van der Waals surface area contributed by atoms with Crippen LogP contribution in [0.1, 0.15) is 49.8 Å². The summed E-state index contributed by atoms with van der Waals surface area (Å²) in [6.07, 6.45) is 2.19. The van der Waals surface area contributed by atoms with Crippen molar-refractivity contribution in [2.75, 3.05) is 29.0 Å². The predicted octanol–water partition coefficient (Wildman–Crippen LogP) is 4.70. The first kappa shape index (κ1) is 20.2. The summed E-state index contributed by atoms with van der Waals surface area (Å²) in [6.45, 7) is 9.40. The summed E-state index contributed by atoms with van der Waals surface area (Å²) in [6, 6.07) is 5.40. The zero-order valence-electron chi connectivity index (χ0n) is 15.8. The number of aryl methyl sites for hydroxylation is 1. The third-order valence-electron chi connectivity index (χ3n) is 4.13. The first-order chi connectivity index (χ1) is 12.4. The van der Waals surface area contributed by atoms with Gasteiger partial charge in [0.05, 0.1) is 5.69 Å². The average Bonchev–Trinajstić information content (AvgIpc) is 2.60. The molecule has 0 aliphatic rings. The van der Waals surface area contributed by atoms with Gasteiger partial charge in [-0.2, -0.15) is 0 Å². The van der Waals surface area contributed by atoms with Gasteiger partial charge in [0.2, 0.25) is 0 Å². The monoisotopic (exact) mass is 419 g/mol. The molecule has 0 amide bonds. The highest BCUT2D eigenvalue weighted by Crippen LogP contribution is 2.32. The first-order valence-corrected chi connectivity index (χ1v) is 9.63. The lowest BCUT2D eigenvalue weighted by atomic mass is 10.1. The van der Waals surface area contributed by atoms with E-state index < -0.39 is 0 Å². The molecule has 0 bridgehead atoms. The van der Waals surface area contributed by atoms with Gasteiger partial charge >= 0.3 is 0 Å². The van der Waals surface area contributed by atoms with E-state index in [0.717, 1.165) is 41.9 Å². The highest BCUT2D eigenvalue weighted by atomic mass is 79.9. The lowest BCUT2D eigenvalue weighted by Gasteiger charge is -2.24. The number of rotatable bonds is 8. The molecular weight excluding hydrogens is 394 g/mol. The Labute approximate surface area is 163 Å². The van der Waals surface area contributed by atoms with Crippen molar-refractivity contribution in [2.45, 2.75) is 40.5 Å². The maximum Gasteiger partial charge on any atom is 0.159 e. The molecule has 3 N–H and O–H groups in total. The van der Waals surface area contributed by atoms with E-state index in [-0.39, 0.29) is 5.78 Å². The number of ketones is 1. The lowest BCUT2D eigenvalue weighted by molar-refractivity contribution is 0.101. The molecule has 0 atom stereocenters. The topological polar surface area (TPSA) is 84.1 Å². The lowest BCUT2D eigenvalue weighted by Crippen LogP contribution is -2.26. The Kier molecular flexibility index (Phi) is 6.97. The zero-order valence-corrected chi connectivity index (χ0v) is 17.4. The van der Waals surface area contributed by atoms with Crippen LogP contribution >= 0.6 is 15.9 Å². The number of anilines is 4. The van der Waals surface area contributed by atoms with Gasteiger partial charge in [-0.3, -0.25) is 4.79 Å². The van der Waals surface area contributed by atoms with Crippen molar-refractivity contribution in [3.8, 4) is 0 Å². The third-order valence-corrected chi connectivity index (χ3v) is 4.78. The standard InChI is InChI=1S/C19H26BrN5O/c1-5-7-10-25(6-2)19-17(21)18(22-13(4)23-19)24-16-9-8-14(12(3)26)11-15(16)20/h8-9,11H,5-7,10,21H2,1-4H3,(H,22,23,24). The van der Waals surface area contributed by atoms with Crippen molar-refractivity contribution in [3.05, 3.63) is 34.1 Å². The fraction of sp³-hybridized carbons (Fsp3) is 0.421. The van der Waals surface area contributed by atoms with Gasteiger partial charge in [0.15, 0.2) is 17.4 Å². The number of carbonyl (C=O) groups is 1. The van der Waals surface area contributed by atoms with Crippen LogP contribution in [-0.2, 0) is 0 Å². The number of hydrogen-bond donors (Lipinski definition) is 2. The molecule has 0 aliphatic heterocycles. The van der Waals surface area contributed by atoms with E-state index in [4.69, 9.17) is 5.73 Å². The van der Waals surface area contributed by atoms with E-state index in [0.29, 0.717) is 22.9 Å². The molecule has 0 saturated carbocycles. The van der Waals surface area contributed by atoms with E-state index >= 15 is 0 Å². The van der Waals surface area contributed by atoms with E-state index in [1.807, 2.05) is 13.0 Å². The fourth-order valence-electron chi connectivity index (χ4n) is 2.63. The molecule has 26 heavy (non-hydrogen) atoms. The Bertz CT molecular complexity index is 794. The second-order valence-electron chi connectivity index (χ2n) is 6.17. The van der Waals surface area contributed by atoms with Gasteiger partial charge in [-0.1, -0.05) is 13.3 Å². The number of hydrogen-bond acceptors (Lipinski definition) is 6. The largest absolute Gasteiger partial charge is 0.393 e. The van der Waals surface area contributed by atoms with Crippen molar-refractivity contribution in [2.24, 2.45) is 0 Å². The normalized spacial score (nSPS) is 10.7. The molecule has 7 heteroatoms. The van der Waals surface area contributed by atoms with Crippen molar-refractivity contribution in [3.63, 3.8) is 0 Å². The Hall–Kier alpha value is -2.15. The summed E-state index contributed by atoms with van der Waals surface area (Å²) >= 11 is 3.50. The molecule has 0 radical (unpaired) electrons. The molecule has 1 aromatic carbocycles. The zero-order chi connectivity index (χ0) is 19.3. The Balaban J connectivity index is 2.37. The van der Waals surface area contributed by atoms with Crippen molar-refractivity contribution in [1.82, 2.24) is 9.97 Å². The van der Waals surface area contributed by atoms with Crippen LogP contribution in [-0.4, -0.2) is 28.8 Å². The van der Waals surface area contributed by atoms with E-state index in [1.54, 1.807) is 19.1 Å². The highest BCUT2D eigenvalue weighted by molar-refractivity contribution is 9.10. The minimum atomic E-state index is 0.0199. The fourth-order valence-corrected chi connectivity index (χ4v) is 3.11. The van der Waals surface area contributed by atoms with E-state index in [2.05, 4.69) is 50.0 Å². The number of nitrogens with zero attached hydrogens (tertiary/aromatic N) is 3. The minimum Gasteiger partial charge on any atom is -0.393 e. The molecule has 1 heterocycles. The second-order valence-corrected chi connectivity index (χ2v) is 7.02. The summed E-state index contributed by atoms with van der Waals surface area (Å²) in [7, 11) is 0. The number of nitrogens with one attached hydrogen (secondary N) is 1. The molecule has 1 aromatic heterocycles. The van der Waals surface area contributed by atoms with Gasteiger partial charge in [-0.05, 0) is 61.3 Å². The van der Waals surface area contributed by atoms with Crippen LogP contribution in [0.15, 0.2) is 22.7 Å². The van der Waals surface area contributed by atoms with Crippen LogP contribution in [0.3, 0.4) is 0 Å². The average molecular weight is 420 g/mol. The Morgan fingerprint density at radius 2 is 2.04 bits per heavy atom. The van der Waals surface area contributed by atoms with Gasteiger partial charge in [0.25, 0.3) is 0 Å². The SMILES string of the molecule is CCCCN(CC)c1nc(C)nc(Nc2ccc(C(C)=O)cc2Br)c1N. The predicted molar refractivity (Wildman–Crippen MR) is 111 cm³/mol. The molecule has 2 aromatic rings. The van der Waals surface area contributed by atoms with Crippen LogP contribution in [0.2, 0.25) is 0 Å². The number of nitrogen functional groups attached to an aromatic ring is 1. The molecule has 0 spiro atoms. The molecule has 0 unspecified atom stereocenters. The molecule has 2 rings (SSSR count). The number of carbonyl (C=O) groups excluding carboxylic acids is 1. The molecule has 0 fully saturated rings. The summed E-state index contributed by atoms with van der Waals surface area (Å²) in [5.41, 5.74) is 8.34. The minimum absolute atomic E-state index is 0.0199. The van der Waals surface area contributed by atoms with Crippen molar-refractivity contribution < 1.29 is 4.79 Å². The first-order valence-electron chi connectivity index (χ1n) is 8.83. The number of halogens is 1. The number of Topliss-reactive ketones (excluding diaryl/α,β-unsaturated/α-hetero) is 1. The van der Waals surface area contributed by atoms with E-state index in [9.17, 15) is 4.79 Å². The van der Waals surface area contributed by atoms with Crippen molar-refractivity contribution >= 4 is 44.7 Å². The summed E-state index contributed by atoms with van der Waals surface area (Å²) < 4.78 is 0.778. The quantitative estimate of drug-likeness (QED) is 0.602. The van der Waals surface area contributed by atoms with Gasteiger partial charge < -0.3 is 16.0 Å². The van der Waals surface area contributed by atoms with Gasteiger partial charge in [-0.15, -0.1) is 0 Å². The Morgan fingerprint density at radius 1 is 1.31 bits per heavy atom. The number of unbranched alkanes of at least 4 members (excludes halogenated alkanes) is 1.